The maximum atomic E-state index is 9.93. The van der Waals surface area contributed by atoms with Crippen LogP contribution >= 0.6 is 0 Å². The lowest BCUT2D eigenvalue weighted by atomic mass is 10.2. The fourth-order valence-electron chi connectivity index (χ4n) is 0.759. The van der Waals surface area contributed by atoms with E-state index < -0.39 is 5.97 Å². The molecule has 0 saturated carbocycles. The molecule has 0 bridgehead atoms. The van der Waals surface area contributed by atoms with E-state index in [0.717, 1.165) is 19.1 Å². The highest BCUT2D eigenvalue weighted by atomic mass is 16.4. The normalized spacial score (nSPS) is 10.5. The van der Waals surface area contributed by atoms with Gasteiger partial charge in [-0.3, -0.25) is 9.59 Å². The number of carboxylic acid groups (broad SMARTS) is 1. The molecule has 0 spiro atoms. The first-order valence-electron chi connectivity index (χ1n) is 5.53. The van der Waals surface area contributed by atoms with Crippen molar-refractivity contribution in [3.05, 3.63) is 24.3 Å². The first-order chi connectivity index (χ1) is 7.54. The van der Waals surface area contributed by atoms with Crippen molar-refractivity contribution in [2.75, 3.05) is 0 Å². The van der Waals surface area contributed by atoms with Crippen molar-refractivity contribution in [1.82, 2.24) is 0 Å². The predicted octanol–water partition coefficient (Wildman–Crippen LogP) is 3.21. The lowest BCUT2D eigenvalue weighted by molar-refractivity contribution is -0.136. The average molecular weight is 226 g/mol. The average Bonchev–Trinajstić information content (AvgIpc) is 2.18. The molecule has 0 saturated heterocycles. The van der Waals surface area contributed by atoms with Crippen LogP contribution in [-0.2, 0) is 9.59 Å². The fourth-order valence-corrected chi connectivity index (χ4v) is 0.759. The van der Waals surface area contributed by atoms with E-state index >= 15 is 0 Å². The molecule has 0 rings (SSSR count). The molecule has 0 amide bonds. The molecule has 0 aliphatic rings. The molecule has 1 N–H and O–H groups in total. The van der Waals surface area contributed by atoms with E-state index in [1.54, 1.807) is 6.08 Å². The van der Waals surface area contributed by atoms with Gasteiger partial charge < -0.3 is 5.11 Å². The van der Waals surface area contributed by atoms with Gasteiger partial charge in [-0.15, -0.1) is 0 Å². The van der Waals surface area contributed by atoms with Gasteiger partial charge in [-0.05, 0) is 18.4 Å². The van der Waals surface area contributed by atoms with Gasteiger partial charge in [-0.25, -0.2) is 0 Å². The molecule has 0 radical (unpaired) electrons. The summed E-state index contributed by atoms with van der Waals surface area (Å²) < 4.78 is 0. The Kier molecular flexibility index (Phi) is 14.5. The number of hydrogen-bond donors (Lipinski definition) is 1. The van der Waals surface area contributed by atoms with Crippen LogP contribution in [0, 0.1) is 5.92 Å². The first kappa shape index (κ1) is 17.0. The van der Waals surface area contributed by atoms with Gasteiger partial charge in [0.2, 0.25) is 0 Å². The van der Waals surface area contributed by atoms with Crippen molar-refractivity contribution >= 4 is 12.3 Å². The molecule has 0 aliphatic heterocycles. The summed E-state index contributed by atoms with van der Waals surface area (Å²) in [6.07, 6.45) is 10.0. The van der Waals surface area contributed by atoms with E-state index in [1.807, 2.05) is 26.0 Å². The third kappa shape index (κ3) is 22.9. The number of allylic oxidation sites excluding steroid dienone is 3. The Bertz CT molecular complexity index is 227. The number of aliphatic carboxylic acids is 1. The molecular formula is C13H22O3. The van der Waals surface area contributed by atoms with Crippen molar-refractivity contribution in [3.63, 3.8) is 0 Å². The van der Waals surface area contributed by atoms with Crippen LogP contribution in [0.1, 0.15) is 40.0 Å². The topological polar surface area (TPSA) is 54.4 Å². The molecule has 0 aromatic heterocycles. The van der Waals surface area contributed by atoms with Crippen molar-refractivity contribution in [2.45, 2.75) is 40.0 Å². The molecule has 3 nitrogen and oxygen atoms in total. The smallest absolute Gasteiger partial charge is 0.307 e. The number of rotatable bonds is 6. The van der Waals surface area contributed by atoms with Crippen molar-refractivity contribution in [1.29, 1.82) is 0 Å². The highest BCUT2D eigenvalue weighted by Gasteiger charge is 1.89. The van der Waals surface area contributed by atoms with Gasteiger partial charge >= 0.3 is 5.97 Å². The van der Waals surface area contributed by atoms with E-state index in [0.29, 0.717) is 5.92 Å². The Hall–Kier alpha value is -1.38. The maximum Gasteiger partial charge on any atom is 0.307 e. The minimum atomic E-state index is -0.771. The SMILES string of the molecule is CC(C)C=CCC(=O)O.CCC/C=C/C=O. The summed E-state index contributed by atoms with van der Waals surface area (Å²) in [7, 11) is 0. The molecular weight excluding hydrogens is 204 g/mol. The van der Waals surface area contributed by atoms with Crippen LogP contribution in [0.5, 0.6) is 0 Å². The number of carbonyl (C=O) groups excluding carboxylic acids is 1. The van der Waals surface area contributed by atoms with E-state index in [-0.39, 0.29) is 6.42 Å². The molecule has 0 unspecified atom stereocenters. The summed E-state index contributed by atoms with van der Waals surface area (Å²) in [5.74, 6) is -0.323. The lowest BCUT2D eigenvalue weighted by Gasteiger charge is -1.90. The second kappa shape index (κ2) is 13.6. The van der Waals surface area contributed by atoms with E-state index in [4.69, 9.17) is 5.11 Å². The minimum absolute atomic E-state index is 0.137. The van der Waals surface area contributed by atoms with Crippen molar-refractivity contribution in [2.24, 2.45) is 5.92 Å². The van der Waals surface area contributed by atoms with Gasteiger partial charge in [-0.2, -0.15) is 0 Å². The van der Waals surface area contributed by atoms with Crippen LogP contribution in [0.4, 0.5) is 0 Å². The van der Waals surface area contributed by atoms with Crippen LogP contribution in [0.25, 0.3) is 0 Å². The van der Waals surface area contributed by atoms with E-state index in [2.05, 4.69) is 6.92 Å². The van der Waals surface area contributed by atoms with Crippen molar-refractivity contribution in [3.8, 4) is 0 Å². The summed E-state index contributed by atoms with van der Waals surface area (Å²) in [5, 5.41) is 8.18. The Morgan fingerprint density at radius 3 is 2.31 bits per heavy atom. The third-order valence-electron chi connectivity index (χ3n) is 1.48. The largest absolute Gasteiger partial charge is 0.481 e. The predicted molar refractivity (Wildman–Crippen MR) is 66.3 cm³/mol. The minimum Gasteiger partial charge on any atom is -0.481 e. The van der Waals surface area contributed by atoms with Gasteiger partial charge in [0.1, 0.15) is 6.29 Å². The number of hydrogen-bond acceptors (Lipinski definition) is 2. The summed E-state index contributed by atoms with van der Waals surface area (Å²) in [6, 6.07) is 0. The summed E-state index contributed by atoms with van der Waals surface area (Å²) in [6.45, 7) is 6.10. The fraction of sp³-hybridized carbons (Fsp3) is 0.538. The standard InChI is InChI=1S/C7H12O2.C6H10O/c1-6(2)4-3-5-7(8)9;1-2-3-4-5-6-7/h3-4,6H,5H2,1-2H3,(H,8,9);4-6H,2-3H2,1H3/b;5-4+. The molecule has 3 heteroatoms. The van der Waals surface area contributed by atoms with Crippen molar-refractivity contribution < 1.29 is 14.7 Å². The molecule has 92 valence electrons. The number of carbonyl (C=O) groups is 2. The molecule has 0 heterocycles. The zero-order valence-electron chi connectivity index (χ0n) is 10.3. The van der Waals surface area contributed by atoms with Crippen LogP contribution < -0.4 is 0 Å². The van der Waals surface area contributed by atoms with Gasteiger partial charge in [0, 0.05) is 0 Å². The number of aldehydes is 1. The molecule has 0 atom stereocenters. The molecule has 0 aromatic carbocycles. The van der Waals surface area contributed by atoms with Crippen LogP contribution in [0.2, 0.25) is 0 Å². The summed E-state index contributed by atoms with van der Waals surface area (Å²) in [5.41, 5.74) is 0. The zero-order valence-corrected chi connectivity index (χ0v) is 10.3. The lowest BCUT2D eigenvalue weighted by Crippen LogP contribution is -1.90. The van der Waals surface area contributed by atoms with Crippen LogP contribution in [-0.4, -0.2) is 17.4 Å². The van der Waals surface area contributed by atoms with Crippen LogP contribution in [0.15, 0.2) is 24.3 Å². The van der Waals surface area contributed by atoms with E-state index in [1.165, 1.54) is 6.08 Å². The Labute approximate surface area is 97.9 Å². The zero-order chi connectivity index (χ0) is 12.8. The first-order valence-corrected chi connectivity index (χ1v) is 5.53. The third-order valence-corrected chi connectivity index (χ3v) is 1.48. The van der Waals surface area contributed by atoms with Crippen LogP contribution in [0.3, 0.4) is 0 Å². The quantitative estimate of drug-likeness (QED) is 0.430. The van der Waals surface area contributed by atoms with Gasteiger partial charge in [0.15, 0.2) is 0 Å². The second-order valence-corrected chi connectivity index (χ2v) is 3.62. The summed E-state index contributed by atoms with van der Waals surface area (Å²) in [4.78, 5) is 19.5. The highest BCUT2D eigenvalue weighted by Crippen LogP contribution is 1.94. The molecule has 0 aromatic rings. The second-order valence-electron chi connectivity index (χ2n) is 3.62. The molecule has 16 heavy (non-hydrogen) atoms. The maximum absolute atomic E-state index is 9.93. The molecule has 0 fully saturated rings. The van der Waals surface area contributed by atoms with Gasteiger partial charge in [-0.1, -0.05) is 45.4 Å². The molecule has 0 aliphatic carbocycles. The monoisotopic (exact) mass is 226 g/mol. The Morgan fingerprint density at radius 1 is 1.31 bits per heavy atom. The summed E-state index contributed by atoms with van der Waals surface area (Å²) >= 11 is 0. The van der Waals surface area contributed by atoms with E-state index in [9.17, 15) is 9.59 Å². The Morgan fingerprint density at radius 2 is 1.94 bits per heavy atom. The van der Waals surface area contributed by atoms with Gasteiger partial charge in [0.25, 0.3) is 0 Å². The highest BCUT2D eigenvalue weighted by molar-refractivity contribution is 5.68. The number of unbranched alkanes of at least 4 members (excludes halogenated alkanes) is 1. The number of carboxylic acids is 1. The Balaban J connectivity index is 0. The van der Waals surface area contributed by atoms with Gasteiger partial charge in [0.05, 0.1) is 6.42 Å².